The quantitative estimate of drug-likeness (QED) is 0.367. The molecule has 6 heteroatoms. The first-order valence-electron chi connectivity index (χ1n) is 12.0. The summed E-state index contributed by atoms with van der Waals surface area (Å²) < 4.78 is 11.2. The minimum atomic E-state index is -0.678. The second-order valence-electron chi connectivity index (χ2n) is 8.30. The van der Waals surface area contributed by atoms with Crippen molar-refractivity contribution in [2.45, 2.75) is 38.8 Å². The number of methoxy groups -OCH3 is 1. The molecular formula is C29H34N2O4. The average molecular weight is 475 g/mol. The fourth-order valence-corrected chi connectivity index (χ4v) is 3.80. The highest BCUT2D eigenvalue weighted by Gasteiger charge is 2.30. The predicted molar refractivity (Wildman–Crippen MR) is 137 cm³/mol. The Morgan fingerprint density at radius 2 is 1.46 bits per heavy atom. The Bertz CT molecular complexity index is 1060. The zero-order valence-corrected chi connectivity index (χ0v) is 20.5. The lowest BCUT2D eigenvalue weighted by Crippen LogP contribution is -2.51. The first-order valence-corrected chi connectivity index (χ1v) is 12.0. The van der Waals surface area contributed by atoms with Crippen LogP contribution in [0.3, 0.4) is 0 Å². The van der Waals surface area contributed by atoms with E-state index >= 15 is 0 Å². The number of carbonyl (C=O) groups excluding carboxylic acids is 2. The van der Waals surface area contributed by atoms with Crippen molar-refractivity contribution in [2.24, 2.45) is 0 Å². The molecule has 0 aromatic heterocycles. The van der Waals surface area contributed by atoms with Gasteiger partial charge in [0.2, 0.25) is 5.91 Å². The van der Waals surface area contributed by atoms with Crippen LogP contribution in [0.4, 0.5) is 0 Å². The molecule has 1 N–H and O–H groups in total. The van der Waals surface area contributed by atoms with Gasteiger partial charge in [-0.25, -0.2) is 0 Å². The van der Waals surface area contributed by atoms with E-state index in [9.17, 15) is 9.59 Å². The molecule has 1 atom stereocenters. The zero-order valence-electron chi connectivity index (χ0n) is 20.5. The molecule has 0 aliphatic heterocycles. The van der Waals surface area contributed by atoms with Crippen LogP contribution in [0.5, 0.6) is 11.5 Å². The minimum Gasteiger partial charge on any atom is -0.493 e. The molecule has 0 saturated carbocycles. The van der Waals surface area contributed by atoms with Gasteiger partial charge in [0.15, 0.2) is 18.1 Å². The van der Waals surface area contributed by atoms with Gasteiger partial charge in [-0.05, 0) is 29.7 Å². The third-order valence-electron chi connectivity index (χ3n) is 5.72. The lowest BCUT2D eigenvalue weighted by molar-refractivity contribution is -0.142. The summed E-state index contributed by atoms with van der Waals surface area (Å²) in [6, 6.07) is 26.0. The number of nitrogens with one attached hydrogen (secondary N) is 1. The predicted octanol–water partition coefficient (Wildman–Crippen LogP) is 4.63. The normalized spacial score (nSPS) is 11.4. The highest BCUT2D eigenvalue weighted by molar-refractivity contribution is 5.88. The maximum atomic E-state index is 13.6. The number of benzene rings is 3. The van der Waals surface area contributed by atoms with Crippen LogP contribution in [-0.2, 0) is 22.6 Å². The number of hydrogen-bond donors (Lipinski definition) is 1. The van der Waals surface area contributed by atoms with Crippen LogP contribution in [0.2, 0.25) is 0 Å². The monoisotopic (exact) mass is 474 g/mol. The van der Waals surface area contributed by atoms with Crippen molar-refractivity contribution in [1.82, 2.24) is 10.2 Å². The standard InChI is InChI=1S/C29H34N2O4/c1-3-4-19-30-29(33)25(20-23-13-7-5-8-14-23)31(21-24-15-9-6-10-16-24)28(32)22-35-27-18-12-11-17-26(27)34-2/h5-18,25H,3-4,19-22H2,1-2H3,(H,30,33)/t25-/m0/s1. The zero-order chi connectivity index (χ0) is 24.9. The Labute approximate surface area is 207 Å². The number of rotatable bonds is 13. The van der Waals surface area contributed by atoms with E-state index in [1.807, 2.05) is 72.8 Å². The van der Waals surface area contributed by atoms with E-state index in [-0.39, 0.29) is 18.4 Å². The van der Waals surface area contributed by atoms with Crippen LogP contribution in [0.15, 0.2) is 84.9 Å². The number of para-hydroxylation sites is 2. The highest BCUT2D eigenvalue weighted by Crippen LogP contribution is 2.26. The molecule has 2 amide bonds. The first kappa shape index (κ1) is 25.8. The molecular weight excluding hydrogens is 440 g/mol. The summed E-state index contributed by atoms with van der Waals surface area (Å²) in [7, 11) is 1.56. The Hall–Kier alpha value is -3.80. The van der Waals surface area contributed by atoms with Gasteiger partial charge in [-0.1, -0.05) is 86.1 Å². The summed E-state index contributed by atoms with van der Waals surface area (Å²) >= 11 is 0. The van der Waals surface area contributed by atoms with Gasteiger partial charge in [-0.15, -0.1) is 0 Å². The number of unbranched alkanes of at least 4 members (excludes halogenated alkanes) is 1. The lowest BCUT2D eigenvalue weighted by Gasteiger charge is -2.31. The van der Waals surface area contributed by atoms with Crippen molar-refractivity contribution < 1.29 is 19.1 Å². The van der Waals surface area contributed by atoms with Crippen LogP contribution >= 0.6 is 0 Å². The molecule has 0 saturated heterocycles. The molecule has 0 bridgehead atoms. The Balaban J connectivity index is 1.87. The molecule has 0 spiro atoms. The van der Waals surface area contributed by atoms with Crippen LogP contribution in [-0.4, -0.2) is 43.0 Å². The molecule has 184 valence electrons. The molecule has 3 rings (SSSR count). The largest absolute Gasteiger partial charge is 0.493 e. The van der Waals surface area contributed by atoms with Crippen molar-refractivity contribution in [1.29, 1.82) is 0 Å². The number of hydrogen-bond acceptors (Lipinski definition) is 4. The van der Waals surface area contributed by atoms with Crippen molar-refractivity contribution in [3.05, 3.63) is 96.1 Å². The van der Waals surface area contributed by atoms with Gasteiger partial charge in [0.1, 0.15) is 6.04 Å². The number of carbonyl (C=O) groups is 2. The fraction of sp³-hybridized carbons (Fsp3) is 0.310. The van der Waals surface area contributed by atoms with Crippen molar-refractivity contribution in [2.75, 3.05) is 20.3 Å². The van der Waals surface area contributed by atoms with Crippen LogP contribution < -0.4 is 14.8 Å². The van der Waals surface area contributed by atoms with Gasteiger partial charge >= 0.3 is 0 Å². The fourth-order valence-electron chi connectivity index (χ4n) is 3.80. The molecule has 3 aromatic carbocycles. The minimum absolute atomic E-state index is 0.163. The summed E-state index contributed by atoms with van der Waals surface area (Å²) in [5.41, 5.74) is 1.93. The van der Waals surface area contributed by atoms with Gasteiger partial charge in [-0.3, -0.25) is 9.59 Å². The molecule has 6 nitrogen and oxygen atoms in total. The van der Waals surface area contributed by atoms with E-state index in [1.165, 1.54) is 0 Å². The van der Waals surface area contributed by atoms with Crippen molar-refractivity contribution in [3.63, 3.8) is 0 Å². The summed E-state index contributed by atoms with van der Waals surface area (Å²) in [6.45, 7) is 2.74. The molecule has 0 heterocycles. The van der Waals surface area contributed by atoms with E-state index in [0.29, 0.717) is 31.0 Å². The van der Waals surface area contributed by atoms with E-state index < -0.39 is 6.04 Å². The molecule has 0 radical (unpaired) electrons. The summed E-state index contributed by atoms with van der Waals surface area (Å²) in [4.78, 5) is 28.6. The van der Waals surface area contributed by atoms with Gasteiger partial charge in [0.05, 0.1) is 7.11 Å². The summed E-state index contributed by atoms with van der Waals surface area (Å²) in [5, 5.41) is 3.02. The molecule has 0 aliphatic rings. The lowest BCUT2D eigenvalue weighted by atomic mass is 10.0. The smallest absolute Gasteiger partial charge is 0.261 e. The van der Waals surface area contributed by atoms with Gasteiger partial charge in [-0.2, -0.15) is 0 Å². The Morgan fingerprint density at radius 1 is 0.857 bits per heavy atom. The molecule has 35 heavy (non-hydrogen) atoms. The third-order valence-corrected chi connectivity index (χ3v) is 5.72. The Kier molecular flexibility index (Phi) is 10.2. The molecule has 0 aliphatic carbocycles. The van der Waals surface area contributed by atoms with Gasteiger partial charge < -0.3 is 19.7 Å². The van der Waals surface area contributed by atoms with Gasteiger partial charge in [0.25, 0.3) is 5.91 Å². The van der Waals surface area contributed by atoms with E-state index in [2.05, 4.69) is 12.2 Å². The number of nitrogens with zero attached hydrogens (tertiary/aromatic N) is 1. The summed E-state index contributed by atoms with van der Waals surface area (Å²) in [6.07, 6.45) is 2.27. The average Bonchev–Trinajstić information content (AvgIpc) is 2.90. The van der Waals surface area contributed by atoms with Crippen LogP contribution in [0.1, 0.15) is 30.9 Å². The highest BCUT2D eigenvalue weighted by atomic mass is 16.5. The second kappa shape index (κ2) is 13.8. The van der Waals surface area contributed by atoms with E-state index in [1.54, 1.807) is 24.1 Å². The van der Waals surface area contributed by atoms with Crippen LogP contribution in [0, 0.1) is 0 Å². The SMILES string of the molecule is CCCCNC(=O)[C@H](Cc1ccccc1)N(Cc1ccccc1)C(=O)COc1ccccc1OC. The van der Waals surface area contributed by atoms with Crippen LogP contribution in [0.25, 0.3) is 0 Å². The third kappa shape index (κ3) is 7.88. The molecule has 0 fully saturated rings. The Morgan fingerprint density at radius 3 is 2.09 bits per heavy atom. The maximum absolute atomic E-state index is 13.6. The topological polar surface area (TPSA) is 67.9 Å². The number of ether oxygens (including phenoxy) is 2. The van der Waals surface area contributed by atoms with Crippen molar-refractivity contribution in [3.8, 4) is 11.5 Å². The van der Waals surface area contributed by atoms with E-state index in [4.69, 9.17) is 9.47 Å². The number of amides is 2. The molecule has 0 unspecified atom stereocenters. The second-order valence-corrected chi connectivity index (χ2v) is 8.30. The summed E-state index contributed by atoms with van der Waals surface area (Å²) in [5.74, 6) is 0.596. The van der Waals surface area contributed by atoms with E-state index in [0.717, 1.165) is 24.0 Å². The molecule has 3 aromatic rings. The van der Waals surface area contributed by atoms with Gasteiger partial charge in [0, 0.05) is 19.5 Å². The van der Waals surface area contributed by atoms with Crippen molar-refractivity contribution >= 4 is 11.8 Å². The first-order chi connectivity index (χ1) is 17.1. The maximum Gasteiger partial charge on any atom is 0.261 e.